The van der Waals surface area contributed by atoms with Gasteiger partial charge < -0.3 is 10.1 Å². The van der Waals surface area contributed by atoms with Crippen LogP contribution in [0.5, 0.6) is 5.75 Å². The highest BCUT2D eigenvalue weighted by atomic mass is 16.5. The van der Waals surface area contributed by atoms with E-state index in [0.717, 1.165) is 25.1 Å². The first kappa shape index (κ1) is 12.5. The van der Waals surface area contributed by atoms with Crippen LogP contribution in [0.1, 0.15) is 26.2 Å². The quantitative estimate of drug-likeness (QED) is 0.898. The third-order valence-corrected chi connectivity index (χ3v) is 3.90. The Bertz CT molecular complexity index is 552. The van der Waals surface area contributed by atoms with E-state index >= 15 is 0 Å². The summed E-state index contributed by atoms with van der Waals surface area (Å²) in [6.45, 7) is 3.21. The fraction of sp³-hybridized carbons (Fsp3) is 0.412. The van der Waals surface area contributed by atoms with Gasteiger partial charge in [0.05, 0.1) is 0 Å². The smallest absolute Gasteiger partial charge is 0.120 e. The Hall–Kier alpha value is -1.54. The van der Waals surface area contributed by atoms with Crippen LogP contribution in [0.15, 0.2) is 42.5 Å². The molecular weight excluding hydrogens is 234 g/mol. The Balaban J connectivity index is 1.68. The van der Waals surface area contributed by atoms with Crippen LogP contribution in [-0.4, -0.2) is 18.7 Å². The van der Waals surface area contributed by atoms with Gasteiger partial charge in [0, 0.05) is 6.04 Å². The number of ether oxygens (including phenoxy) is 1. The van der Waals surface area contributed by atoms with Gasteiger partial charge in [-0.25, -0.2) is 0 Å². The number of hydrogen-bond donors (Lipinski definition) is 1. The lowest BCUT2D eigenvalue weighted by Crippen LogP contribution is -2.27. The second-order valence-corrected chi connectivity index (χ2v) is 5.32. The Morgan fingerprint density at radius 2 is 1.95 bits per heavy atom. The van der Waals surface area contributed by atoms with Gasteiger partial charge in [-0.1, -0.05) is 37.3 Å². The largest absolute Gasteiger partial charge is 0.490 e. The summed E-state index contributed by atoms with van der Waals surface area (Å²) < 4.78 is 6.12. The molecule has 2 nitrogen and oxygen atoms in total. The molecule has 1 aliphatic rings. The molecular formula is C17H21NO. The van der Waals surface area contributed by atoms with E-state index in [2.05, 4.69) is 54.7 Å². The lowest BCUT2D eigenvalue weighted by atomic mass is 10.1. The zero-order chi connectivity index (χ0) is 13.1. The van der Waals surface area contributed by atoms with Crippen LogP contribution in [0.25, 0.3) is 10.8 Å². The van der Waals surface area contributed by atoms with Crippen LogP contribution in [0.3, 0.4) is 0 Å². The molecule has 0 radical (unpaired) electrons. The van der Waals surface area contributed by atoms with Crippen LogP contribution in [0, 0.1) is 0 Å². The Labute approximate surface area is 114 Å². The summed E-state index contributed by atoms with van der Waals surface area (Å²) >= 11 is 0. The van der Waals surface area contributed by atoms with Crippen molar-refractivity contribution >= 4 is 10.8 Å². The van der Waals surface area contributed by atoms with Crippen LogP contribution in [0.4, 0.5) is 0 Å². The Kier molecular flexibility index (Phi) is 3.69. The fourth-order valence-electron chi connectivity index (χ4n) is 2.95. The van der Waals surface area contributed by atoms with Crippen molar-refractivity contribution in [3.63, 3.8) is 0 Å². The number of fused-ring (bicyclic) bond motifs is 1. The molecule has 2 unspecified atom stereocenters. The molecule has 1 aliphatic carbocycles. The van der Waals surface area contributed by atoms with E-state index in [9.17, 15) is 0 Å². The van der Waals surface area contributed by atoms with Crippen molar-refractivity contribution in [1.82, 2.24) is 5.32 Å². The van der Waals surface area contributed by atoms with Crippen LogP contribution in [-0.2, 0) is 0 Å². The lowest BCUT2D eigenvalue weighted by molar-refractivity contribution is 0.206. The molecule has 2 aromatic carbocycles. The first-order valence-corrected chi connectivity index (χ1v) is 7.24. The first-order chi connectivity index (χ1) is 9.35. The van der Waals surface area contributed by atoms with Crippen LogP contribution in [0.2, 0.25) is 0 Å². The summed E-state index contributed by atoms with van der Waals surface area (Å²) in [7, 11) is 0. The minimum absolute atomic E-state index is 0.366. The van der Waals surface area contributed by atoms with Crippen molar-refractivity contribution in [2.75, 3.05) is 6.54 Å². The van der Waals surface area contributed by atoms with Crippen molar-refractivity contribution in [3.8, 4) is 5.75 Å². The zero-order valence-electron chi connectivity index (χ0n) is 11.4. The molecule has 2 aromatic rings. The maximum Gasteiger partial charge on any atom is 0.120 e. The van der Waals surface area contributed by atoms with E-state index in [-0.39, 0.29) is 0 Å². The zero-order valence-corrected chi connectivity index (χ0v) is 11.4. The van der Waals surface area contributed by atoms with E-state index in [1.165, 1.54) is 17.2 Å². The molecule has 2 atom stereocenters. The Morgan fingerprint density at radius 3 is 2.79 bits per heavy atom. The molecule has 0 saturated heterocycles. The molecule has 1 fully saturated rings. The fourth-order valence-corrected chi connectivity index (χ4v) is 2.95. The van der Waals surface area contributed by atoms with Gasteiger partial charge in [-0.2, -0.15) is 0 Å². The summed E-state index contributed by atoms with van der Waals surface area (Å²) in [6, 6.07) is 15.4. The summed E-state index contributed by atoms with van der Waals surface area (Å²) in [5, 5.41) is 6.03. The molecule has 0 amide bonds. The van der Waals surface area contributed by atoms with Gasteiger partial charge in [-0.3, -0.25) is 0 Å². The molecule has 1 saturated carbocycles. The number of benzene rings is 2. The normalized spacial score (nSPS) is 22.8. The molecule has 0 spiro atoms. The van der Waals surface area contributed by atoms with E-state index < -0.39 is 0 Å². The third-order valence-electron chi connectivity index (χ3n) is 3.90. The third kappa shape index (κ3) is 2.90. The van der Waals surface area contributed by atoms with Crippen molar-refractivity contribution in [2.45, 2.75) is 38.3 Å². The average Bonchev–Trinajstić information content (AvgIpc) is 2.86. The molecule has 19 heavy (non-hydrogen) atoms. The maximum absolute atomic E-state index is 6.12. The van der Waals surface area contributed by atoms with Crippen molar-refractivity contribution in [2.24, 2.45) is 0 Å². The summed E-state index contributed by atoms with van der Waals surface area (Å²) in [4.78, 5) is 0. The second kappa shape index (κ2) is 5.62. The van der Waals surface area contributed by atoms with Crippen molar-refractivity contribution < 1.29 is 4.74 Å². The Morgan fingerprint density at radius 1 is 1.11 bits per heavy atom. The summed E-state index contributed by atoms with van der Waals surface area (Å²) in [6.07, 6.45) is 3.88. The highest BCUT2D eigenvalue weighted by Gasteiger charge is 2.25. The molecule has 3 rings (SSSR count). The van der Waals surface area contributed by atoms with Gasteiger partial charge in [0.15, 0.2) is 0 Å². The topological polar surface area (TPSA) is 21.3 Å². The maximum atomic E-state index is 6.12. The standard InChI is InChI=1S/C17H21NO/c1-2-18-15-8-10-17(12-15)19-16-9-7-13-5-3-4-6-14(13)11-16/h3-7,9,11,15,17-18H,2,8,10,12H2,1H3. The average molecular weight is 255 g/mol. The van der Waals surface area contributed by atoms with Gasteiger partial charge in [0.2, 0.25) is 0 Å². The van der Waals surface area contributed by atoms with Crippen molar-refractivity contribution in [1.29, 1.82) is 0 Å². The summed E-state index contributed by atoms with van der Waals surface area (Å²) in [5.41, 5.74) is 0. The van der Waals surface area contributed by atoms with E-state index in [4.69, 9.17) is 4.74 Å². The number of hydrogen-bond acceptors (Lipinski definition) is 2. The van der Waals surface area contributed by atoms with Gasteiger partial charge in [0.25, 0.3) is 0 Å². The molecule has 0 bridgehead atoms. The van der Waals surface area contributed by atoms with E-state index in [0.29, 0.717) is 12.1 Å². The monoisotopic (exact) mass is 255 g/mol. The molecule has 0 heterocycles. The predicted octanol–water partition coefficient (Wildman–Crippen LogP) is 3.75. The highest BCUT2D eigenvalue weighted by molar-refractivity contribution is 5.83. The van der Waals surface area contributed by atoms with Crippen LogP contribution >= 0.6 is 0 Å². The predicted molar refractivity (Wildman–Crippen MR) is 79.7 cm³/mol. The SMILES string of the molecule is CCNC1CCC(Oc2ccc3ccccc3c2)C1. The number of rotatable bonds is 4. The van der Waals surface area contributed by atoms with E-state index in [1.54, 1.807) is 0 Å². The van der Waals surface area contributed by atoms with Gasteiger partial charge in [0.1, 0.15) is 11.9 Å². The van der Waals surface area contributed by atoms with Gasteiger partial charge in [-0.05, 0) is 48.7 Å². The molecule has 0 aliphatic heterocycles. The van der Waals surface area contributed by atoms with Crippen molar-refractivity contribution in [3.05, 3.63) is 42.5 Å². The van der Waals surface area contributed by atoms with Crippen LogP contribution < -0.4 is 10.1 Å². The molecule has 100 valence electrons. The second-order valence-electron chi connectivity index (χ2n) is 5.32. The van der Waals surface area contributed by atoms with E-state index in [1.807, 2.05) is 0 Å². The first-order valence-electron chi connectivity index (χ1n) is 7.24. The number of nitrogens with one attached hydrogen (secondary N) is 1. The molecule has 1 N–H and O–H groups in total. The molecule has 0 aromatic heterocycles. The minimum atomic E-state index is 0.366. The van der Waals surface area contributed by atoms with Gasteiger partial charge in [-0.15, -0.1) is 0 Å². The molecule has 2 heteroatoms. The highest BCUT2D eigenvalue weighted by Crippen LogP contribution is 2.27. The lowest BCUT2D eigenvalue weighted by Gasteiger charge is -2.15. The minimum Gasteiger partial charge on any atom is -0.490 e. The summed E-state index contributed by atoms with van der Waals surface area (Å²) in [5.74, 6) is 1.00. The van der Waals surface area contributed by atoms with Gasteiger partial charge >= 0.3 is 0 Å².